The van der Waals surface area contributed by atoms with Crippen LogP contribution in [0.15, 0.2) is 57.7 Å². The maximum atomic E-state index is 12.8. The summed E-state index contributed by atoms with van der Waals surface area (Å²) in [6.07, 6.45) is 3.82. The molecule has 1 fully saturated rings. The number of fused-ring (bicyclic) bond motifs is 1. The van der Waals surface area contributed by atoms with Crippen LogP contribution in [0.4, 0.5) is 0 Å². The number of para-hydroxylation sites is 2. The number of piperidine rings is 1. The first-order chi connectivity index (χ1) is 14.1. The Hall–Kier alpha value is -2.86. The molecule has 1 amide bonds. The summed E-state index contributed by atoms with van der Waals surface area (Å²) < 4.78 is 6.67. The molecular weight excluding hydrogens is 366 g/mol. The number of amides is 1. The Labute approximate surface area is 170 Å². The Bertz CT molecular complexity index is 1050. The van der Waals surface area contributed by atoms with Gasteiger partial charge in [0, 0.05) is 13.1 Å². The number of aromatic nitrogens is 1. The molecule has 0 bridgehead atoms. The molecule has 29 heavy (non-hydrogen) atoms. The molecule has 6 heteroatoms. The van der Waals surface area contributed by atoms with Crippen molar-refractivity contribution in [3.63, 3.8) is 0 Å². The van der Waals surface area contributed by atoms with Crippen molar-refractivity contribution < 1.29 is 9.21 Å². The SMILES string of the molecule is CC(C(=O)NCc1ccccc1CN1CCCCC1)n1c(=O)oc2ccccc21. The fourth-order valence-corrected chi connectivity index (χ4v) is 4.04. The predicted octanol–water partition coefficient (Wildman–Crippen LogP) is 3.46. The second-order valence-electron chi connectivity index (χ2n) is 7.70. The monoisotopic (exact) mass is 393 g/mol. The molecule has 0 spiro atoms. The van der Waals surface area contributed by atoms with Crippen molar-refractivity contribution in [1.82, 2.24) is 14.8 Å². The normalized spacial score (nSPS) is 16.0. The van der Waals surface area contributed by atoms with Crippen LogP contribution in [0.3, 0.4) is 0 Å². The third kappa shape index (κ3) is 4.27. The van der Waals surface area contributed by atoms with Crippen molar-refractivity contribution in [1.29, 1.82) is 0 Å². The van der Waals surface area contributed by atoms with Gasteiger partial charge in [0.2, 0.25) is 5.91 Å². The maximum Gasteiger partial charge on any atom is 0.420 e. The zero-order chi connectivity index (χ0) is 20.2. The molecule has 4 rings (SSSR count). The number of carbonyl (C=O) groups excluding carboxylic acids is 1. The van der Waals surface area contributed by atoms with E-state index >= 15 is 0 Å². The zero-order valence-electron chi connectivity index (χ0n) is 16.8. The second kappa shape index (κ2) is 8.66. The van der Waals surface area contributed by atoms with Crippen LogP contribution in [0.5, 0.6) is 0 Å². The van der Waals surface area contributed by atoms with Crippen LogP contribution in [-0.4, -0.2) is 28.5 Å². The first-order valence-electron chi connectivity index (χ1n) is 10.3. The van der Waals surface area contributed by atoms with Gasteiger partial charge in [0.25, 0.3) is 0 Å². The van der Waals surface area contributed by atoms with Crippen LogP contribution in [0.25, 0.3) is 11.1 Å². The minimum Gasteiger partial charge on any atom is -0.408 e. The van der Waals surface area contributed by atoms with E-state index in [-0.39, 0.29) is 5.91 Å². The lowest BCUT2D eigenvalue weighted by atomic mass is 10.0. The van der Waals surface area contributed by atoms with E-state index in [0.717, 1.165) is 25.2 Å². The van der Waals surface area contributed by atoms with Gasteiger partial charge in [0.05, 0.1) is 5.52 Å². The van der Waals surface area contributed by atoms with E-state index in [2.05, 4.69) is 22.3 Å². The van der Waals surface area contributed by atoms with E-state index in [0.29, 0.717) is 17.6 Å². The third-order valence-electron chi connectivity index (χ3n) is 5.70. The molecular formula is C23H27N3O3. The summed E-state index contributed by atoms with van der Waals surface area (Å²) in [5.74, 6) is -0.717. The van der Waals surface area contributed by atoms with Crippen LogP contribution in [0, 0.1) is 0 Å². The lowest BCUT2D eigenvalue weighted by molar-refractivity contribution is -0.124. The molecule has 2 heterocycles. The van der Waals surface area contributed by atoms with Crippen molar-refractivity contribution >= 4 is 17.0 Å². The van der Waals surface area contributed by atoms with E-state index in [9.17, 15) is 9.59 Å². The number of oxazole rings is 1. The quantitative estimate of drug-likeness (QED) is 0.696. The Kier molecular flexibility index (Phi) is 5.81. The van der Waals surface area contributed by atoms with E-state index in [1.165, 1.54) is 29.4 Å². The molecule has 1 N–H and O–H groups in total. The summed E-state index contributed by atoms with van der Waals surface area (Å²) in [4.78, 5) is 27.5. The fourth-order valence-electron chi connectivity index (χ4n) is 4.04. The van der Waals surface area contributed by atoms with E-state index in [1.807, 2.05) is 18.2 Å². The number of likely N-dealkylation sites (tertiary alicyclic amines) is 1. The molecule has 152 valence electrons. The van der Waals surface area contributed by atoms with Gasteiger partial charge in [0.15, 0.2) is 5.58 Å². The zero-order valence-corrected chi connectivity index (χ0v) is 16.8. The van der Waals surface area contributed by atoms with Crippen molar-refractivity contribution in [3.05, 3.63) is 70.2 Å². The Morgan fingerprint density at radius 2 is 1.72 bits per heavy atom. The minimum atomic E-state index is -0.652. The van der Waals surface area contributed by atoms with Crippen molar-refractivity contribution in [2.24, 2.45) is 0 Å². The first kappa shape index (κ1) is 19.5. The largest absolute Gasteiger partial charge is 0.420 e. The van der Waals surface area contributed by atoms with Crippen molar-refractivity contribution in [3.8, 4) is 0 Å². The molecule has 1 atom stereocenters. The van der Waals surface area contributed by atoms with Gasteiger partial charge >= 0.3 is 5.76 Å². The van der Waals surface area contributed by atoms with Gasteiger partial charge in [0.1, 0.15) is 6.04 Å². The van der Waals surface area contributed by atoms with Gasteiger partial charge in [-0.2, -0.15) is 0 Å². The molecule has 0 saturated carbocycles. The second-order valence-corrected chi connectivity index (χ2v) is 7.70. The highest BCUT2D eigenvalue weighted by Gasteiger charge is 2.21. The number of benzene rings is 2. The number of carbonyl (C=O) groups is 1. The summed E-state index contributed by atoms with van der Waals surface area (Å²) in [7, 11) is 0. The molecule has 1 aliphatic heterocycles. The molecule has 6 nitrogen and oxygen atoms in total. The topological polar surface area (TPSA) is 67.5 Å². The molecule has 2 aromatic carbocycles. The fraction of sp³-hybridized carbons (Fsp3) is 0.391. The van der Waals surface area contributed by atoms with Gasteiger partial charge in [-0.15, -0.1) is 0 Å². The van der Waals surface area contributed by atoms with Gasteiger partial charge in [-0.05, 0) is 56.1 Å². The standard InChI is InChI=1S/C23H27N3O3/c1-17(26-20-11-5-6-12-21(20)29-23(26)28)22(27)24-15-18-9-3-4-10-19(18)16-25-13-7-2-8-14-25/h3-6,9-12,17H,2,7-8,13-16H2,1H3,(H,24,27). The van der Waals surface area contributed by atoms with E-state index in [4.69, 9.17) is 4.42 Å². The minimum absolute atomic E-state index is 0.202. The van der Waals surface area contributed by atoms with Crippen molar-refractivity contribution in [2.45, 2.75) is 45.3 Å². The summed E-state index contributed by atoms with van der Waals surface area (Å²) in [5, 5.41) is 3.00. The number of hydrogen-bond donors (Lipinski definition) is 1. The Morgan fingerprint density at radius 1 is 1.03 bits per heavy atom. The van der Waals surface area contributed by atoms with Crippen LogP contribution >= 0.6 is 0 Å². The van der Waals surface area contributed by atoms with E-state index < -0.39 is 11.8 Å². The predicted molar refractivity (Wildman–Crippen MR) is 113 cm³/mol. The smallest absolute Gasteiger partial charge is 0.408 e. The number of rotatable bonds is 6. The third-order valence-corrected chi connectivity index (χ3v) is 5.70. The Morgan fingerprint density at radius 3 is 2.52 bits per heavy atom. The summed E-state index contributed by atoms with van der Waals surface area (Å²) >= 11 is 0. The first-order valence-corrected chi connectivity index (χ1v) is 10.3. The lowest BCUT2D eigenvalue weighted by Gasteiger charge is -2.27. The molecule has 1 unspecified atom stereocenters. The molecule has 1 saturated heterocycles. The Balaban J connectivity index is 1.45. The van der Waals surface area contributed by atoms with Crippen LogP contribution < -0.4 is 11.1 Å². The van der Waals surface area contributed by atoms with Crippen LogP contribution in [0.2, 0.25) is 0 Å². The van der Waals surface area contributed by atoms with Gasteiger partial charge < -0.3 is 9.73 Å². The molecule has 0 aliphatic carbocycles. The molecule has 0 radical (unpaired) electrons. The highest BCUT2D eigenvalue weighted by atomic mass is 16.4. The molecule has 3 aromatic rings. The van der Waals surface area contributed by atoms with Crippen LogP contribution in [0.1, 0.15) is 43.4 Å². The van der Waals surface area contributed by atoms with Gasteiger partial charge in [-0.3, -0.25) is 14.3 Å². The van der Waals surface area contributed by atoms with Gasteiger partial charge in [-0.1, -0.05) is 42.8 Å². The average molecular weight is 393 g/mol. The van der Waals surface area contributed by atoms with Gasteiger partial charge in [-0.25, -0.2) is 4.79 Å². The average Bonchev–Trinajstić information content (AvgIpc) is 3.08. The number of nitrogens with zero attached hydrogens (tertiary/aromatic N) is 2. The van der Waals surface area contributed by atoms with Crippen molar-refractivity contribution in [2.75, 3.05) is 13.1 Å². The maximum absolute atomic E-state index is 12.8. The van der Waals surface area contributed by atoms with E-state index in [1.54, 1.807) is 25.1 Å². The summed E-state index contributed by atoms with van der Waals surface area (Å²) in [6.45, 7) is 5.34. The highest BCUT2D eigenvalue weighted by Crippen LogP contribution is 2.18. The number of nitrogens with one attached hydrogen (secondary N) is 1. The highest BCUT2D eigenvalue weighted by molar-refractivity contribution is 5.82. The summed E-state index contributed by atoms with van der Waals surface area (Å²) in [6, 6.07) is 14.7. The summed E-state index contributed by atoms with van der Waals surface area (Å²) in [5.41, 5.74) is 3.48. The number of hydrogen-bond acceptors (Lipinski definition) is 4. The lowest BCUT2D eigenvalue weighted by Crippen LogP contribution is -2.34. The molecule has 1 aromatic heterocycles. The van der Waals surface area contributed by atoms with Crippen LogP contribution in [-0.2, 0) is 17.9 Å². The molecule has 1 aliphatic rings.